The number of nitrogens with one attached hydrogen (secondary N) is 2. The molecule has 0 spiro atoms. The quantitative estimate of drug-likeness (QED) is 0.594. The number of aromatic nitrogens is 1. The third kappa shape index (κ3) is 6.04. The van der Waals surface area contributed by atoms with Crippen LogP contribution < -0.4 is 10.6 Å². The third-order valence-electron chi connectivity index (χ3n) is 4.79. The fourth-order valence-electron chi connectivity index (χ4n) is 3.19. The molecule has 0 radical (unpaired) electrons. The van der Waals surface area contributed by atoms with Crippen LogP contribution in [0.5, 0.6) is 0 Å². The van der Waals surface area contributed by atoms with E-state index < -0.39 is 12.1 Å². The molecule has 6 heteroatoms. The van der Waals surface area contributed by atoms with Crippen molar-refractivity contribution in [3.05, 3.63) is 78.0 Å². The zero-order valence-corrected chi connectivity index (χ0v) is 17.3. The Morgan fingerprint density at radius 3 is 2.47 bits per heavy atom. The molecule has 1 aromatic heterocycles. The molecular formula is C24H27N3O3. The lowest BCUT2D eigenvalue weighted by atomic mass is 10.1. The minimum absolute atomic E-state index is 0.123. The van der Waals surface area contributed by atoms with Crippen molar-refractivity contribution in [3.63, 3.8) is 0 Å². The lowest BCUT2D eigenvalue weighted by Gasteiger charge is -2.20. The van der Waals surface area contributed by atoms with Crippen LogP contribution in [0.25, 0.3) is 10.9 Å². The van der Waals surface area contributed by atoms with Crippen molar-refractivity contribution in [2.45, 2.75) is 45.4 Å². The molecule has 1 heterocycles. The Kier molecular flexibility index (Phi) is 7.38. The summed E-state index contributed by atoms with van der Waals surface area (Å²) in [6.45, 7) is 3.93. The summed E-state index contributed by atoms with van der Waals surface area (Å²) in [6.07, 6.45) is 0.461. The molecule has 0 aliphatic heterocycles. The molecule has 3 rings (SSSR count). The van der Waals surface area contributed by atoms with Crippen LogP contribution in [0.15, 0.2) is 66.7 Å². The molecule has 0 bridgehead atoms. The molecule has 6 nitrogen and oxygen atoms in total. The minimum atomic E-state index is -0.653. The van der Waals surface area contributed by atoms with Crippen LogP contribution in [0.2, 0.25) is 0 Å². The molecule has 0 fully saturated rings. The smallest absolute Gasteiger partial charge is 0.408 e. The molecule has 0 saturated carbocycles. The van der Waals surface area contributed by atoms with E-state index in [0.29, 0.717) is 12.8 Å². The van der Waals surface area contributed by atoms with Crippen molar-refractivity contribution < 1.29 is 14.3 Å². The van der Waals surface area contributed by atoms with Crippen molar-refractivity contribution in [2.24, 2.45) is 0 Å². The van der Waals surface area contributed by atoms with Crippen LogP contribution in [0.4, 0.5) is 4.79 Å². The van der Waals surface area contributed by atoms with Gasteiger partial charge in [-0.05, 0) is 31.0 Å². The fraction of sp³-hybridized carbons (Fsp3) is 0.292. The second kappa shape index (κ2) is 10.4. The number of hydrogen-bond donors (Lipinski definition) is 2. The summed E-state index contributed by atoms with van der Waals surface area (Å²) in [5, 5.41) is 6.68. The number of carbonyl (C=O) groups is 2. The first-order valence-corrected chi connectivity index (χ1v) is 10.2. The minimum Gasteiger partial charge on any atom is -0.445 e. The number of amides is 2. The summed E-state index contributed by atoms with van der Waals surface area (Å²) in [5.74, 6) is -0.234. The van der Waals surface area contributed by atoms with E-state index in [9.17, 15) is 9.59 Å². The Labute approximate surface area is 176 Å². The summed E-state index contributed by atoms with van der Waals surface area (Å²) in [5.41, 5.74) is 2.73. The van der Waals surface area contributed by atoms with Gasteiger partial charge in [-0.2, -0.15) is 0 Å². The molecule has 156 valence electrons. The first kappa shape index (κ1) is 21.3. The van der Waals surface area contributed by atoms with Crippen molar-refractivity contribution >= 4 is 22.9 Å². The molecule has 2 aromatic carbocycles. The van der Waals surface area contributed by atoms with Gasteiger partial charge in [0.25, 0.3) is 0 Å². The fourth-order valence-corrected chi connectivity index (χ4v) is 3.19. The number of rotatable bonds is 8. The van der Waals surface area contributed by atoms with Crippen molar-refractivity contribution in [1.82, 2.24) is 15.6 Å². The van der Waals surface area contributed by atoms with Gasteiger partial charge in [-0.15, -0.1) is 0 Å². The van der Waals surface area contributed by atoms with E-state index in [4.69, 9.17) is 4.74 Å². The highest BCUT2D eigenvalue weighted by molar-refractivity contribution is 5.85. The molecule has 2 amide bonds. The monoisotopic (exact) mass is 405 g/mol. The van der Waals surface area contributed by atoms with E-state index >= 15 is 0 Å². The summed E-state index contributed by atoms with van der Waals surface area (Å²) < 4.78 is 5.21. The van der Waals surface area contributed by atoms with Crippen molar-refractivity contribution in [2.75, 3.05) is 0 Å². The molecule has 30 heavy (non-hydrogen) atoms. The summed E-state index contributed by atoms with van der Waals surface area (Å²) >= 11 is 0. The molecule has 2 N–H and O–H groups in total. The standard InChI is InChI=1S/C24H27N3O3/c1-3-21(27-24(29)30-16-18-9-5-4-6-10-18)23(28)25-17(2)15-20-14-13-19-11-7-8-12-22(19)26-20/h4-14,17,21H,3,15-16H2,1-2H3,(H,25,28)(H,27,29)/t17?,21-/m0/s1. The predicted octanol–water partition coefficient (Wildman–Crippen LogP) is 3.99. The Balaban J connectivity index is 1.49. The highest BCUT2D eigenvalue weighted by Gasteiger charge is 2.21. The van der Waals surface area contributed by atoms with E-state index in [0.717, 1.165) is 22.2 Å². The summed E-state index contributed by atoms with van der Waals surface area (Å²) in [6, 6.07) is 20.6. The van der Waals surface area contributed by atoms with Gasteiger partial charge in [0.05, 0.1) is 5.52 Å². The van der Waals surface area contributed by atoms with Gasteiger partial charge in [-0.25, -0.2) is 4.79 Å². The first-order valence-electron chi connectivity index (χ1n) is 10.2. The van der Waals surface area contributed by atoms with Crippen LogP contribution in [0, 0.1) is 0 Å². The van der Waals surface area contributed by atoms with Crippen molar-refractivity contribution in [3.8, 4) is 0 Å². The van der Waals surface area contributed by atoms with Crippen LogP contribution in [0.1, 0.15) is 31.5 Å². The number of carbonyl (C=O) groups excluding carboxylic acids is 2. The van der Waals surface area contributed by atoms with Crippen LogP contribution in [-0.4, -0.2) is 29.1 Å². The number of fused-ring (bicyclic) bond motifs is 1. The number of nitrogens with zero attached hydrogens (tertiary/aromatic N) is 1. The highest BCUT2D eigenvalue weighted by atomic mass is 16.5. The largest absolute Gasteiger partial charge is 0.445 e. The topological polar surface area (TPSA) is 80.3 Å². The number of hydrogen-bond acceptors (Lipinski definition) is 4. The Morgan fingerprint density at radius 2 is 1.70 bits per heavy atom. The average molecular weight is 405 g/mol. The molecular weight excluding hydrogens is 378 g/mol. The molecule has 2 atom stereocenters. The van der Waals surface area contributed by atoms with Gasteiger partial charge in [-0.3, -0.25) is 9.78 Å². The maximum atomic E-state index is 12.6. The zero-order valence-electron chi connectivity index (χ0n) is 17.3. The number of pyridine rings is 1. The third-order valence-corrected chi connectivity index (χ3v) is 4.79. The number of alkyl carbamates (subject to hydrolysis) is 1. The van der Waals surface area contributed by atoms with Gasteiger partial charge < -0.3 is 15.4 Å². The summed E-state index contributed by atoms with van der Waals surface area (Å²) in [7, 11) is 0. The molecule has 1 unspecified atom stereocenters. The second-order valence-corrected chi connectivity index (χ2v) is 7.28. The molecule has 0 saturated heterocycles. The van der Waals surface area contributed by atoms with Gasteiger partial charge in [0.2, 0.25) is 5.91 Å². The summed E-state index contributed by atoms with van der Waals surface area (Å²) in [4.78, 5) is 29.3. The predicted molar refractivity (Wildman–Crippen MR) is 117 cm³/mol. The average Bonchev–Trinajstić information content (AvgIpc) is 2.76. The maximum Gasteiger partial charge on any atom is 0.408 e. The first-order chi connectivity index (χ1) is 14.5. The lowest BCUT2D eigenvalue weighted by molar-refractivity contribution is -0.123. The van der Waals surface area contributed by atoms with Gasteiger partial charge in [0.1, 0.15) is 12.6 Å². The molecule has 0 aliphatic rings. The van der Waals surface area contributed by atoms with E-state index in [1.54, 1.807) is 0 Å². The van der Waals surface area contributed by atoms with Gasteiger partial charge in [-0.1, -0.05) is 61.5 Å². The number of para-hydroxylation sites is 1. The zero-order chi connectivity index (χ0) is 21.3. The Hall–Kier alpha value is -3.41. The number of ether oxygens (including phenoxy) is 1. The molecule has 0 aliphatic carbocycles. The Morgan fingerprint density at radius 1 is 0.967 bits per heavy atom. The van der Waals surface area contributed by atoms with Gasteiger partial charge >= 0.3 is 6.09 Å². The highest BCUT2D eigenvalue weighted by Crippen LogP contribution is 2.13. The van der Waals surface area contributed by atoms with E-state index in [2.05, 4.69) is 15.6 Å². The van der Waals surface area contributed by atoms with E-state index in [-0.39, 0.29) is 18.6 Å². The number of benzene rings is 2. The van der Waals surface area contributed by atoms with E-state index in [1.165, 1.54) is 0 Å². The maximum absolute atomic E-state index is 12.6. The van der Waals surface area contributed by atoms with Gasteiger partial charge in [0, 0.05) is 23.5 Å². The normalized spacial score (nSPS) is 12.7. The molecule has 3 aromatic rings. The van der Waals surface area contributed by atoms with E-state index in [1.807, 2.05) is 80.6 Å². The van der Waals surface area contributed by atoms with Crippen LogP contribution in [-0.2, 0) is 22.6 Å². The van der Waals surface area contributed by atoms with Crippen LogP contribution in [0.3, 0.4) is 0 Å². The van der Waals surface area contributed by atoms with Gasteiger partial charge in [0.15, 0.2) is 0 Å². The van der Waals surface area contributed by atoms with Crippen molar-refractivity contribution in [1.29, 1.82) is 0 Å². The lowest BCUT2D eigenvalue weighted by Crippen LogP contribution is -2.49. The van der Waals surface area contributed by atoms with Crippen LogP contribution >= 0.6 is 0 Å². The second-order valence-electron chi connectivity index (χ2n) is 7.28. The Bertz CT molecular complexity index is 991. The SMILES string of the molecule is CC[C@H](NC(=O)OCc1ccccc1)C(=O)NC(C)Cc1ccc2ccccc2n1.